The predicted octanol–water partition coefficient (Wildman–Crippen LogP) is 4.91. The highest BCUT2D eigenvalue weighted by Gasteiger charge is 2.43. The molecule has 9 nitrogen and oxygen atoms in total. The third-order valence-corrected chi connectivity index (χ3v) is 6.20. The highest BCUT2D eigenvalue weighted by Crippen LogP contribution is 2.38. The quantitative estimate of drug-likeness (QED) is 0.311. The van der Waals surface area contributed by atoms with Crippen LogP contribution >= 0.6 is 0 Å². The van der Waals surface area contributed by atoms with E-state index in [4.69, 9.17) is 14.9 Å². The SMILES string of the molecule is C=C(/N=C\C=C/C)NC1(CNC(=O)c2nc(-c3ccc(OC)c4nc(C(F)(F)F)ccc34)oc2[C@H](C)N)CC1. The van der Waals surface area contributed by atoms with Crippen molar-refractivity contribution in [1.82, 2.24) is 20.6 Å². The Morgan fingerprint density at radius 2 is 2.05 bits per heavy atom. The van der Waals surface area contributed by atoms with Crippen LogP contribution in [0.15, 0.2) is 58.2 Å². The monoisotopic (exact) mass is 542 g/mol. The predicted molar refractivity (Wildman–Crippen MR) is 141 cm³/mol. The largest absolute Gasteiger partial charge is 0.494 e. The van der Waals surface area contributed by atoms with Crippen molar-refractivity contribution in [3.8, 4) is 17.2 Å². The van der Waals surface area contributed by atoms with Crippen molar-refractivity contribution in [2.75, 3.05) is 13.7 Å². The summed E-state index contributed by atoms with van der Waals surface area (Å²) in [4.78, 5) is 25.5. The Hall–Kier alpha value is -4.19. The fraction of sp³-hybridized carbons (Fsp3) is 0.333. The van der Waals surface area contributed by atoms with E-state index < -0.39 is 23.8 Å². The van der Waals surface area contributed by atoms with Crippen LogP contribution in [0.2, 0.25) is 0 Å². The number of rotatable bonds is 10. The number of nitrogens with zero attached hydrogens (tertiary/aromatic N) is 3. The molecule has 0 saturated heterocycles. The first-order chi connectivity index (χ1) is 18.5. The van der Waals surface area contributed by atoms with Crippen LogP contribution in [0.3, 0.4) is 0 Å². The summed E-state index contributed by atoms with van der Waals surface area (Å²) in [7, 11) is 1.34. The van der Waals surface area contributed by atoms with Gasteiger partial charge in [-0.05, 0) is 57.0 Å². The smallest absolute Gasteiger partial charge is 0.433 e. The molecule has 4 rings (SSSR count). The number of nitrogens with two attached hydrogens (primary N) is 1. The van der Waals surface area contributed by atoms with Gasteiger partial charge in [0.25, 0.3) is 5.91 Å². The van der Waals surface area contributed by atoms with Crippen molar-refractivity contribution in [1.29, 1.82) is 0 Å². The molecule has 2 heterocycles. The first kappa shape index (κ1) is 27.8. The second kappa shape index (κ2) is 10.9. The van der Waals surface area contributed by atoms with Crippen molar-refractivity contribution in [3.05, 3.63) is 66.0 Å². The van der Waals surface area contributed by atoms with Crippen LogP contribution < -0.4 is 21.1 Å². The Balaban J connectivity index is 1.61. The van der Waals surface area contributed by atoms with Gasteiger partial charge in [-0.2, -0.15) is 13.2 Å². The lowest BCUT2D eigenvalue weighted by Gasteiger charge is -2.18. The zero-order chi connectivity index (χ0) is 28.4. The van der Waals surface area contributed by atoms with E-state index in [1.165, 1.54) is 19.2 Å². The molecule has 0 unspecified atom stereocenters. The van der Waals surface area contributed by atoms with E-state index in [9.17, 15) is 18.0 Å². The molecule has 0 aliphatic heterocycles. The van der Waals surface area contributed by atoms with Gasteiger partial charge >= 0.3 is 6.18 Å². The summed E-state index contributed by atoms with van der Waals surface area (Å²) >= 11 is 0. The van der Waals surface area contributed by atoms with Crippen LogP contribution in [0, 0.1) is 0 Å². The molecule has 4 N–H and O–H groups in total. The van der Waals surface area contributed by atoms with Crippen molar-refractivity contribution >= 4 is 23.0 Å². The number of allylic oxidation sites excluding steroid dienone is 2. The summed E-state index contributed by atoms with van der Waals surface area (Å²) in [5.74, 6) is 0.296. The Labute approximate surface area is 223 Å². The van der Waals surface area contributed by atoms with Gasteiger partial charge in [0, 0.05) is 23.7 Å². The number of amides is 1. The molecular formula is C27H29F3N6O3. The fourth-order valence-electron chi connectivity index (χ4n) is 4.01. The minimum Gasteiger partial charge on any atom is -0.494 e. The lowest BCUT2D eigenvalue weighted by Crippen LogP contribution is -2.42. The van der Waals surface area contributed by atoms with E-state index in [2.05, 4.69) is 32.2 Å². The molecule has 1 fully saturated rings. The standard InChI is InChI=1S/C27H29F3N6O3/c1-5-6-13-32-16(3)36-26(11-12-26)14-33-24(37)22-23(15(2)31)39-25(35-22)18-7-9-19(38-4)21-17(18)8-10-20(34-21)27(28,29)30/h5-10,13,15,36H,3,11-12,14,31H2,1-2,4H3,(H,33,37)/b6-5-,32-13-/t15-/m0/s1. The number of oxazole rings is 1. The number of nitrogens with one attached hydrogen (secondary N) is 2. The van der Waals surface area contributed by atoms with Crippen LogP contribution in [-0.4, -0.2) is 41.3 Å². The Bertz CT molecular complexity index is 1450. The average Bonchev–Trinajstić information content (AvgIpc) is 3.50. The number of aliphatic imine (C=N–C) groups is 1. The fourth-order valence-corrected chi connectivity index (χ4v) is 4.01. The molecule has 0 spiro atoms. The maximum absolute atomic E-state index is 13.3. The maximum Gasteiger partial charge on any atom is 0.433 e. The van der Waals surface area contributed by atoms with Crippen molar-refractivity contribution < 1.29 is 27.1 Å². The highest BCUT2D eigenvalue weighted by atomic mass is 19.4. The molecule has 2 aromatic heterocycles. The van der Waals surface area contributed by atoms with Crippen LogP contribution in [0.1, 0.15) is 54.7 Å². The number of fused-ring (bicyclic) bond motifs is 1. The summed E-state index contributed by atoms with van der Waals surface area (Å²) in [6.07, 6.45) is 2.25. The molecule has 0 bridgehead atoms. The minimum atomic E-state index is -4.63. The molecule has 1 amide bonds. The summed E-state index contributed by atoms with van der Waals surface area (Å²) in [5.41, 5.74) is 4.95. The van der Waals surface area contributed by atoms with Crippen LogP contribution in [-0.2, 0) is 6.18 Å². The molecule has 1 aliphatic carbocycles. The van der Waals surface area contributed by atoms with Crippen molar-refractivity contribution in [3.63, 3.8) is 0 Å². The van der Waals surface area contributed by atoms with Gasteiger partial charge in [0.2, 0.25) is 5.89 Å². The van der Waals surface area contributed by atoms with Crippen LogP contribution in [0.25, 0.3) is 22.4 Å². The molecular weight excluding hydrogens is 513 g/mol. The third kappa shape index (κ3) is 6.11. The number of methoxy groups -OCH3 is 1. The number of ether oxygens (including phenoxy) is 1. The van der Waals surface area contributed by atoms with Gasteiger partial charge in [-0.15, -0.1) is 0 Å². The van der Waals surface area contributed by atoms with Gasteiger partial charge in [0.05, 0.1) is 18.7 Å². The number of halogens is 3. The average molecular weight is 543 g/mol. The molecule has 206 valence electrons. The zero-order valence-electron chi connectivity index (χ0n) is 21.7. The normalized spacial score (nSPS) is 15.6. The summed E-state index contributed by atoms with van der Waals surface area (Å²) in [5, 5.41) is 6.42. The molecule has 1 aromatic carbocycles. The molecule has 1 saturated carbocycles. The number of hydrogen-bond donors (Lipinski definition) is 3. The van der Waals surface area contributed by atoms with Gasteiger partial charge in [-0.25, -0.2) is 15.0 Å². The second-order valence-corrected chi connectivity index (χ2v) is 9.27. The Kier molecular flexibility index (Phi) is 7.77. The van der Waals surface area contributed by atoms with E-state index in [1.54, 1.807) is 25.3 Å². The number of carbonyl (C=O) groups excluding carboxylic acids is 1. The summed E-state index contributed by atoms with van der Waals surface area (Å²) < 4.78 is 51.0. The summed E-state index contributed by atoms with van der Waals surface area (Å²) in [6.45, 7) is 7.70. The minimum absolute atomic E-state index is 0.00966. The molecule has 3 aromatic rings. The molecule has 1 atom stereocenters. The lowest BCUT2D eigenvalue weighted by molar-refractivity contribution is -0.140. The first-order valence-electron chi connectivity index (χ1n) is 12.2. The van der Waals surface area contributed by atoms with E-state index >= 15 is 0 Å². The number of carbonyl (C=O) groups is 1. The van der Waals surface area contributed by atoms with E-state index in [1.807, 2.05) is 13.0 Å². The highest BCUT2D eigenvalue weighted by molar-refractivity contribution is 5.98. The third-order valence-electron chi connectivity index (χ3n) is 6.20. The summed E-state index contributed by atoms with van der Waals surface area (Å²) in [6, 6.07) is 4.51. The Morgan fingerprint density at radius 1 is 1.31 bits per heavy atom. The van der Waals surface area contributed by atoms with Crippen LogP contribution in [0.5, 0.6) is 5.75 Å². The van der Waals surface area contributed by atoms with Gasteiger partial charge in [-0.3, -0.25) is 4.79 Å². The maximum atomic E-state index is 13.3. The number of alkyl halides is 3. The van der Waals surface area contributed by atoms with Crippen molar-refractivity contribution in [2.24, 2.45) is 10.7 Å². The second-order valence-electron chi connectivity index (χ2n) is 9.27. The Morgan fingerprint density at radius 3 is 2.67 bits per heavy atom. The molecule has 12 heteroatoms. The number of benzene rings is 1. The van der Waals surface area contributed by atoms with Gasteiger partial charge in [0.15, 0.2) is 11.5 Å². The van der Waals surface area contributed by atoms with E-state index in [0.717, 1.165) is 18.9 Å². The number of aromatic nitrogens is 2. The topological polar surface area (TPSA) is 128 Å². The van der Waals surface area contributed by atoms with E-state index in [-0.39, 0.29) is 34.2 Å². The van der Waals surface area contributed by atoms with E-state index in [0.29, 0.717) is 23.3 Å². The van der Waals surface area contributed by atoms with Crippen LogP contribution in [0.4, 0.5) is 13.2 Å². The van der Waals surface area contributed by atoms with Gasteiger partial charge in [-0.1, -0.05) is 12.7 Å². The molecule has 0 radical (unpaired) electrons. The molecule has 39 heavy (non-hydrogen) atoms. The van der Waals surface area contributed by atoms with Crippen molar-refractivity contribution in [2.45, 2.75) is 44.4 Å². The first-order valence-corrected chi connectivity index (χ1v) is 12.2. The zero-order valence-corrected chi connectivity index (χ0v) is 21.7. The number of pyridine rings is 1. The van der Waals surface area contributed by atoms with Gasteiger partial charge in [0.1, 0.15) is 22.8 Å². The lowest BCUT2D eigenvalue weighted by atomic mass is 10.1. The number of hydrogen-bond acceptors (Lipinski definition) is 8. The van der Waals surface area contributed by atoms with Gasteiger partial charge < -0.3 is 25.5 Å². The molecule has 1 aliphatic rings.